The predicted molar refractivity (Wildman–Crippen MR) is 65.3 cm³/mol. The molecule has 4 heteroatoms. The number of benzene rings is 1. The lowest BCUT2D eigenvalue weighted by Gasteiger charge is -2.03. The van der Waals surface area contributed by atoms with Crippen molar-refractivity contribution < 1.29 is 0 Å². The zero-order chi connectivity index (χ0) is 10.6. The van der Waals surface area contributed by atoms with Crippen LogP contribution in [0.3, 0.4) is 0 Å². The van der Waals surface area contributed by atoms with Crippen LogP contribution in [0, 0.1) is 13.8 Å². The number of nitrogens with zero attached hydrogens (tertiary/aromatic N) is 2. The highest BCUT2D eigenvalue weighted by molar-refractivity contribution is 7.78. The Labute approximate surface area is 93.4 Å². The van der Waals surface area contributed by atoms with Crippen molar-refractivity contribution >= 4 is 46.1 Å². The molecule has 0 radical (unpaired) electrons. The summed E-state index contributed by atoms with van der Waals surface area (Å²) >= 11 is 9.10. The average Bonchev–Trinajstić information content (AvgIpc) is 2.14. The normalized spacial score (nSPS) is 8.71. The number of aliphatic imine (C=N–C) groups is 2. The summed E-state index contributed by atoms with van der Waals surface area (Å²) in [7, 11) is 0. The quantitative estimate of drug-likeness (QED) is 0.560. The summed E-state index contributed by atoms with van der Waals surface area (Å²) in [6.07, 6.45) is 0. The molecule has 0 amide bonds. The van der Waals surface area contributed by atoms with E-state index >= 15 is 0 Å². The molecule has 70 valence electrons. The predicted octanol–water partition coefficient (Wildman–Crippen LogP) is 3.77. The number of isothiocyanates is 2. The largest absolute Gasteiger partial charge is 0.194 e. The van der Waals surface area contributed by atoms with Crippen molar-refractivity contribution in [3.05, 3.63) is 23.3 Å². The van der Waals surface area contributed by atoms with E-state index in [0.29, 0.717) is 0 Å². The summed E-state index contributed by atoms with van der Waals surface area (Å²) in [6.45, 7) is 3.92. The van der Waals surface area contributed by atoms with E-state index in [1.807, 2.05) is 26.0 Å². The topological polar surface area (TPSA) is 24.7 Å². The van der Waals surface area contributed by atoms with Gasteiger partial charge >= 0.3 is 0 Å². The molecule has 0 aliphatic rings. The molecule has 0 unspecified atom stereocenters. The van der Waals surface area contributed by atoms with Gasteiger partial charge in [0.2, 0.25) is 0 Å². The van der Waals surface area contributed by atoms with Crippen LogP contribution in [0.15, 0.2) is 22.1 Å². The minimum absolute atomic E-state index is 0.773. The fourth-order valence-corrected chi connectivity index (χ4v) is 1.37. The first-order chi connectivity index (χ1) is 6.69. The van der Waals surface area contributed by atoms with E-state index in [0.717, 1.165) is 22.5 Å². The molecule has 0 aromatic heterocycles. The second-order valence-corrected chi connectivity index (χ2v) is 3.20. The molecule has 1 aromatic rings. The molecule has 0 bridgehead atoms. The molecule has 0 aliphatic heterocycles. The smallest absolute Gasteiger partial charge is 0.0790 e. The Kier molecular flexibility index (Phi) is 3.81. The second-order valence-electron chi connectivity index (χ2n) is 2.83. The Morgan fingerprint density at radius 2 is 1.36 bits per heavy atom. The summed E-state index contributed by atoms with van der Waals surface area (Å²) in [6, 6.07) is 3.81. The highest BCUT2D eigenvalue weighted by Gasteiger charge is 2.02. The molecule has 0 N–H and O–H groups in total. The molecule has 0 fully saturated rings. The molecule has 0 heterocycles. The fourth-order valence-electron chi connectivity index (χ4n) is 1.17. The minimum Gasteiger partial charge on any atom is -0.194 e. The molecule has 0 saturated carbocycles. The van der Waals surface area contributed by atoms with E-state index < -0.39 is 0 Å². The lowest BCUT2D eigenvalue weighted by atomic mass is 10.1. The number of hydrogen-bond acceptors (Lipinski definition) is 4. The summed E-state index contributed by atoms with van der Waals surface area (Å²) < 4.78 is 0. The standard InChI is InChI=1S/C10H8N2S2/c1-7-3-8(2)10(12-6-14)4-9(7)11-5-13/h3-4H,1-2H3. The van der Waals surface area contributed by atoms with Crippen molar-refractivity contribution in [1.82, 2.24) is 0 Å². The van der Waals surface area contributed by atoms with Crippen LogP contribution in [0.5, 0.6) is 0 Å². The van der Waals surface area contributed by atoms with Crippen molar-refractivity contribution in [3.8, 4) is 0 Å². The lowest BCUT2D eigenvalue weighted by molar-refractivity contribution is 1.33. The van der Waals surface area contributed by atoms with Gasteiger partial charge in [-0.05, 0) is 55.5 Å². The Morgan fingerprint density at radius 3 is 1.71 bits per heavy atom. The Hall–Kier alpha value is -1.18. The first kappa shape index (κ1) is 10.9. The number of rotatable bonds is 2. The molecule has 1 rings (SSSR count). The molecule has 14 heavy (non-hydrogen) atoms. The van der Waals surface area contributed by atoms with Crippen molar-refractivity contribution in [2.24, 2.45) is 9.98 Å². The molecule has 0 saturated heterocycles. The highest BCUT2D eigenvalue weighted by Crippen LogP contribution is 2.28. The Bertz CT molecular complexity index is 414. The summed E-state index contributed by atoms with van der Waals surface area (Å²) in [5, 5.41) is 4.67. The minimum atomic E-state index is 0.773. The summed E-state index contributed by atoms with van der Waals surface area (Å²) in [5.41, 5.74) is 3.63. The maximum atomic E-state index is 4.55. The average molecular weight is 220 g/mol. The van der Waals surface area contributed by atoms with E-state index in [1.54, 1.807) is 0 Å². The van der Waals surface area contributed by atoms with E-state index in [-0.39, 0.29) is 0 Å². The number of hydrogen-bond donors (Lipinski definition) is 0. The van der Waals surface area contributed by atoms with Crippen molar-refractivity contribution in [3.63, 3.8) is 0 Å². The first-order valence-corrected chi connectivity index (χ1v) is 4.77. The maximum Gasteiger partial charge on any atom is 0.0790 e. The van der Waals surface area contributed by atoms with Gasteiger partial charge in [-0.25, -0.2) is 0 Å². The summed E-state index contributed by atoms with van der Waals surface area (Å²) in [4.78, 5) is 7.87. The molecule has 0 atom stereocenters. The van der Waals surface area contributed by atoms with E-state index in [1.165, 1.54) is 0 Å². The van der Waals surface area contributed by atoms with Gasteiger partial charge in [0, 0.05) is 0 Å². The third-order valence-electron chi connectivity index (χ3n) is 1.85. The van der Waals surface area contributed by atoms with E-state index in [2.05, 4.69) is 44.7 Å². The van der Waals surface area contributed by atoms with Crippen molar-refractivity contribution in [2.45, 2.75) is 13.8 Å². The first-order valence-electron chi connectivity index (χ1n) is 3.96. The van der Waals surface area contributed by atoms with E-state index in [4.69, 9.17) is 0 Å². The van der Waals surface area contributed by atoms with Gasteiger partial charge in [0.25, 0.3) is 0 Å². The van der Waals surface area contributed by atoms with Crippen molar-refractivity contribution in [2.75, 3.05) is 0 Å². The van der Waals surface area contributed by atoms with Crippen LogP contribution in [-0.4, -0.2) is 10.3 Å². The van der Waals surface area contributed by atoms with Crippen LogP contribution >= 0.6 is 24.4 Å². The van der Waals surface area contributed by atoms with Crippen LogP contribution in [0.2, 0.25) is 0 Å². The van der Waals surface area contributed by atoms with Crippen LogP contribution in [0.4, 0.5) is 11.4 Å². The molecule has 1 aromatic carbocycles. The van der Waals surface area contributed by atoms with Gasteiger partial charge < -0.3 is 0 Å². The van der Waals surface area contributed by atoms with Gasteiger partial charge in [-0.1, -0.05) is 6.07 Å². The number of aryl methyl sites for hydroxylation is 2. The van der Waals surface area contributed by atoms with E-state index in [9.17, 15) is 0 Å². The van der Waals surface area contributed by atoms with Crippen LogP contribution in [0.1, 0.15) is 11.1 Å². The van der Waals surface area contributed by atoms with Gasteiger partial charge in [-0.2, -0.15) is 9.98 Å². The molecule has 2 nitrogen and oxygen atoms in total. The van der Waals surface area contributed by atoms with Gasteiger partial charge in [-0.15, -0.1) is 0 Å². The Morgan fingerprint density at radius 1 is 0.929 bits per heavy atom. The monoisotopic (exact) mass is 220 g/mol. The SMILES string of the molecule is Cc1cc(C)c(N=C=S)cc1N=C=S. The number of thiocarbonyl (C=S) groups is 2. The molecular weight excluding hydrogens is 212 g/mol. The zero-order valence-electron chi connectivity index (χ0n) is 7.87. The van der Waals surface area contributed by atoms with Gasteiger partial charge in [0.15, 0.2) is 0 Å². The zero-order valence-corrected chi connectivity index (χ0v) is 9.50. The third-order valence-corrected chi connectivity index (χ3v) is 2.03. The van der Waals surface area contributed by atoms with Gasteiger partial charge in [0.05, 0.1) is 21.7 Å². The van der Waals surface area contributed by atoms with Crippen molar-refractivity contribution in [1.29, 1.82) is 0 Å². The third kappa shape index (κ3) is 2.41. The summed E-state index contributed by atoms with van der Waals surface area (Å²) in [5.74, 6) is 0. The lowest BCUT2D eigenvalue weighted by Crippen LogP contribution is -1.79. The molecule has 0 aliphatic carbocycles. The van der Waals surface area contributed by atoms with Gasteiger partial charge in [-0.3, -0.25) is 0 Å². The Balaban J connectivity index is 3.40. The fraction of sp³-hybridized carbons (Fsp3) is 0.200. The highest BCUT2D eigenvalue weighted by atomic mass is 32.1. The molecule has 0 spiro atoms. The maximum absolute atomic E-state index is 4.55. The van der Waals surface area contributed by atoms with Crippen LogP contribution < -0.4 is 0 Å². The van der Waals surface area contributed by atoms with Crippen LogP contribution in [-0.2, 0) is 0 Å². The second kappa shape index (κ2) is 4.89. The molecular formula is C10H8N2S2. The van der Waals surface area contributed by atoms with Gasteiger partial charge in [0.1, 0.15) is 0 Å². The van der Waals surface area contributed by atoms with Crippen LogP contribution in [0.25, 0.3) is 0 Å².